The third kappa shape index (κ3) is 11.9. The van der Waals surface area contributed by atoms with Crippen LogP contribution in [-0.4, -0.2) is 110 Å². The summed E-state index contributed by atoms with van der Waals surface area (Å²) in [7, 11) is 1.52. The number of aliphatic hydroxyl groups excluding tert-OH is 4. The Labute approximate surface area is 362 Å². The molecule has 2 aliphatic heterocycles. The molecule has 58 heavy (non-hydrogen) atoms. The Balaban J connectivity index is 0.0000116. The van der Waals surface area contributed by atoms with E-state index in [0.29, 0.717) is 0 Å². The summed E-state index contributed by atoms with van der Waals surface area (Å²) < 4.78 is 17.8. The van der Waals surface area contributed by atoms with Gasteiger partial charge in [-0.05, 0) is 38.3 Å². The predicted molar refractivity (Wildman–Crippen MR) is 213 cm³/mol. The number of pyridine rings is 1. The third-order valence-electron chi connectivity index (χ3n) is 10.6. The smallest absolute Gasteiger partial charge is 0.872 e. The van der Waals surface area contributed by atoms with Crippen LogP contribution in [0.2, 0.25) is 0 Å². The Hall–Kier alpha value is -3.25. The van der Waals surface area contributed by atoms with Crippen molar-refractivity contribution in [3.8, 4) is 5.75 Å². The fourth-order valence-corrected chi connectivity index (χ4v) is 7.11. The van der Waals surface area contributed by atoms with Crippen LogP contribution >= 0.6 is 0 Å². The molecule has 2 saturated heterocycles. The summed E-state index contributed by atoms with van der Waals surface area (Å²) >= 11 is 0. The molecule has 7 N–H and O–H groups in total. The number of amides is 1. The van der Waals surface area contributed by atoms with E-state index in [4.69, 9.17) is 14.2 Å². The summed E-state index contributed by atoms with van der Waals surface area (Å²) in [4.78, 5) is 40.1. The number of methoxy groups -OCH3 is 1. The van der Waals surface area contributed by atoms with Crippen LogP contribution in [0.3, 0.4) is 0 Å². The second-order valence-electron chi connectivity index (χ2n) is 15.0. The van der Waals surface area contributed by atoms with E-state index in [1.165, 1.54) is 32.4 Å². The average molecular weight is 819 g/mol. The normalized spacial score (nSPS) is 29.7. The third-order valence-corrected chi connectivity index (χ3v) is 10.6. The number of ketones is 1. The molecule has 0 aromatic carbocycles. The van der Waals surface area contributed by atoms with E-state index < -0.39 is 100 Å². The molecule has 0 saturated carbocycles. The Morgan fingerprint density at radius 2 is 1.69 bits per heavy atom. The van der Waals surface area contributed by atoms with Gasteiger partial charge in [0.15, 0.2) is 5.78 Å². The largest absolute Gasteiger partial charge is 1.00 e. The first-order valence-electron chi connectivity index (χ1n) is 19.0. The topological polar surface area (TPSA) is 231 Å². The molecular formula is C43H59N2NaO12. The first-order valence-corrected chi connectivity index (χ1v) is 19.0. The number of aromatic amines is 1. The minimum Gasteiger partial charge on any atom is -0.872 e. The number of H-pyrrole nitrogens is 1. The van der Waals surface area contributed by atoms with Gasteiger partial charge in [0.1, 0.15) is 24.4 Å². The van der Waals surface area contributed by atoms with Crippen LogP contribution < -0.4 is 45.5 Å². The summed E-state index contributed by atoms with van der Waals surface area (Å²) in [5.74, 6) is -5.87. The van der Waals surface area contributed by atoms with Gasteiger partial charge in [-0.25, -0.2) is 0 Å². The monoisotopic (exact) mass is 818 g/mol. The molecule has 0 radical (unpaired) electrons. The van der Waals surface area contributed by atoms with E-state index in [-0.39, 0.29) is 48.1 Å². The summed E-state index contributed by atoms with van der Waals surface area (Å²) in [5, 5.41) is 69.8. The zero-order valence-electron chi connectivity index (χ0n) is 34.9. The van der Waals surface area contributed by atoms with Gasteiger partial charge in [0.2, 0.25) is 11.7 Å². The van der Waals surface area contributed by atoms with Crippen molar-refractivity contribution in [2.45, 2.75) is 110 Å². The zero-order valence-corrected chi connectivity index (χ0v) is 36.9. The second-order valence-corrected chi connectivity index (χ2v) is 15.0. The number of hydrogen-bond acceptors (Lipinski definition) is 12. The van der Waals surface area contributed by atoms with Crippen LogP contribution in [0.25, 0.3) is 0 Å². The molecule has 11 atom stereocenters. The number of carbonyl (C=O) groups is 2. The first kappa shape index (κ1) is 50.9. The van der Waals surface area contributed by atoms with Crippen molar-refractivity contribution in [2.75, 3.05) is 13.7 Å². The van der Waals surface area contributed by atoms with Crippen LogP contribution in [0.4, 0.5) is 0 Å². The fourth-order valence-electron chi connectivity index (χ4n) is 7.11. The van der Waals surface area contributed by atoms with Gasteiger partial charge in [0, 0.05) is 31.2 Å². The van der Waals surface area contributed by atoms with Crippen molar-refractivity contribution in [2.24, 2.45) is 17.3 Å². The molecule has 15 heteroatoms. The maximum absolute atomic E-state index is 13.3. The van der Waals surface area contributed by atoms with Crippen molar-refractivity contribution in [1.82, 2.24) is 10.3 Å². The molecule has 2 fully saturated rings. The quantitative estimate of drug-likeness (QED) is 0.0455. The molecule has 3 rings (SSSR count). The van der Waals surface area contributed by atoms with Crippen LogP contribution in [0.15, 0.2) is 101 Å². The Morgan fingerprint density at radius 3 is 2.31 bits per heavy atom. The number of aromatic nitrogens is 1. The number of aliphatic hydroxyl groups is 5. The molecule has 0 bridgehead atoms. The summed E-state index contributed by atoms with van der Waals surface area (Å²) in [6, 6.07) is 1.11. The van der Waals surface area contributed by atoms with Crippen LogP contribution in [0, 0.1) is 17.3 Å². The minimum atomic E-state index is -2.35. The van der Waals surface area contributed by atoms with Gasteiger partial charge in [-0.1, -0.05) is 112 Å². The van der Waals surface area contributed by atoms with Gasteiger partial charge in [-0.3, -0.25) is 14.4 Å². The van der Waals surface area contributed by atoms with E-state index in [1.54, 1.807) is 75.5 Å². The number of Topliss-reactive ketones (excluding diaryl/α,β-unsaturated/α-hetero) is 1. The van der Waals surface area contributed by atoms with E-state index in [1.807, 2.05) is 26.8 Å². The summed E-state index contributed by atoms with van der Waals surface area (Å²) in [6.45, 7) is 12.2. The Bertz CT molecular complexity index is 1810. The Kier molecular flexibility index (Phi) is 20.1. The van der Waals surface area contributed by atoms with E-state index >= 15 is 0 Å². The van der Waals surface area contributed by atoms with Crippen molar-refractivity contribution in [3.05, 3.63) is 112 Å². The van der Waals surface area contributed by atoms with Gasteiger partial charge < -0.3 is 55.2 Å². The van der Waals surface area contributed by atoms with Crippen molar-refractivity contribution in [3.63, 3.8) is 0 Å². The maximum atomic E-state index is 13.3. The number of hydrogen-bond donors (Lipinski definition) is 7. The van der Waals surface area contributed by atoms with Crippen LogP contribution in [-0.2, 0) is 19.0 Å². The molecule has 314 valence electrons. The average Bonchev–Trinajstić information content (AvgIpc) is 3.45. The minimum absolute atomic E-state index is 0. The molecular weight excluding hydrogens is 759 g/mol. The molecule has 0 spiro atoms. The number of nitrogens with one attached hydrogen (secondary N) is 2. The standard InChI is InChI=1S/C43H60N2O12.Na/c1-9-11-13-21-31-42(6,7)38(50)39(51)43(54,57-31)28(10-2)40(52)44-23-17-16-19-26(4)36(55-8)27(5)37-35(49)34(48)30(56-37)20-15-12-14-18-25(3)33(47)32-29(46)22-24-45-41(32)53;/h9,11-22,24,27-28,30-31,34-39,48-51,54H,10,23H2,1-8H3,(H,44,52)(H2,45,46,53);/q;+1/p-1/b11-9-,14-12+,17-16+,20-15+,21-13+,25-18+,26-19+;/t27-,28-,30-,31+,34+,35+,36-,37+,38+,39-,43-;/m1./s1. The van der Waals surface area contributed by atoms with Crippen molar-refractivity contribution < 1.29 is 84.0 Å². The second kappa shape index (κ2) is 22.9. The molecule has 1 amide bonds. The zero-order chi connectivity index (χ0) is 42.7. The molecule has 2 aliphatic rings. The van der Waals surface area contributed by atoms with Crippen LogP contribution in [0.1, 0.15) is 65.2 Å². The number of rotatable bonds is 17. The number of allylic oxidation sites excluding steroid dienone is 10. The van der Waals surface area contributed by atoms with Crippen LogP contribution in [0.5, 0.6) is 5.75 Å². The number of carbonyl (C=O) groups excluding carboxylic acids is 2. The van der Waals surface area contributed by atoms with Gasteiger partial charge in [0.05, 0.1) is 35.9 Å². The van der Waals surface area contributed by atoms with Crippen molar-refractivity contribution >= 4 is 11.7 Å². The van der Waals surface area contributed by atoms with Gasteiger partial charge in [-0.15, -0.1) is 0 Å². The molecule has 14 nitrogen and oxygen atoms in total. The van der Waals surface area contributed by atoms with Gasteiger partial charge >= 0.3 is 29.6 Å². The first-order chi connectivity index (χ1) is 26.9. The molecule has 0 unspecified atom stereocenters. The van der Waals surface area contributed by atoms with E-state index in [0.717, 1.165) is 11.6 Å². The SMILES string of the molecule is C/C=C\C=C\[C@@H]1O[C@](O)([C@H](CC)C(=O)NC/C=C/C=C(\C)[C@@H](OC)[C@@H](C)[C@@H]2O[C@H](/C=C/C=C/C=C(\C)C(=O)c3c([O-])cc[nH]c3=O)[C@H](O)[C@@H]2O)[C@H](O)[C@H](O)C1(C)C.[Na+]. The fraction of sp³-hybridized carbons (Fsp3) is 0.512. The van der Waals surface area contributed by atoms with E-state index in [9.17, 15) is 45.0 Å². The molecule has 1 aromatic heterocycles. The summed E-state index contributed by atoms with van der Waals surface area (Å²) in [5.41, 5.74) is -1.23. The predicted octanol–water partition coefficient (Wildman–Crippen LogP) is -0.553. The Morgan fingerprint density at radius 1 is 1.02 bits per heavy atom. The number of ether oxygens (including phenoxy) is 3. The summed E-state index contributed by atoms with van der Waals surface area (Å²) in [6.07, 6.45) is 12.6. The molecule has 1 aromatic rings. The van der Waals surface area contributed by atoms with Gasteiger partial charge in [0.25, 0.3) is 5.56 Å². The maximum Gasteiger partial charge on any atom is 1.00 e. The van der Waals surface area contributed by atoms with Gasteiger partial charge in [-0.2, -0.15) is 0 Å². The van der Waals surface area contributed by atoms with E-state index in [2.05, 4.69) is 10.3 Å². The molecule has 0 aliphatic carbocycles. The molecule has 3 heterocycles. The van der Waals surface area contributed by atoms with Crippen molar-refractivity contribution in [1.29, 1.82) is 0 Å².